The number of primary amides is 1. The average molecular weight is 300 g/mol. The molecule has 0 aromatic rings. The molecule has 2 atom stereocenters. The lowest BCUT2D eigenvalue weighted by molar-refractivity contribution is -0.149. The Hall–Kier alpha value is -2.16. The van der Waals surface area contributed by atoms with Crippen LogP contribution in [-0.4, -0.2) is 65.9 Å². The minimum absolute atomic E-state index is 0.0229. The van der Waals surface area contributed by atoms with Gasteiger partial charge in [0.05, 0.1) is 13.0 Å². The molecule has 1 aliphatic heterocycles. The quantitative estimate of drug-likeness (QED) is 0.414. The third-order valence-corrected chi connectivity index (χ3v) is 3.20. The van der Waals surface area contributed by atoms with Crippen LogP contribution in [0, 0.1) is 0 Å². The molecular formula is C12H20N4O5. The lowest BCUT2D eigenvalue weighted by atomic mass is 10.1. The van der Waals surface area contributed by atoms with E-state index in [1.54, 1.807) is 7.05 Å². The second-order valence-electron chi connectivity index (χ2n) is 4.85. The summed E-state index contributed by atoms with van der Waals surface area (Å²) in [5, 5.41) is 14.1. The molecule has 1 heterocycles. The molecule has 0 bridgehead atoms. The fourth-order valence-corrected chi connectivity index (χ4v) is 2.29. The SMILES string of the molecule is CNCC(=O)N[C@@H](CC(N)=O)C(=O)N1CCC[C@H]1C(=O)O. The molecule has 0 radical (unpaired) electrons. The summed E-state index contributed by atoms with van der Waals surface area (Å²) in [5.41, 5.74) is 5.08. The summed E-state index contributed by atoms with van der Waals surface area (Å²) >= 11 is 0. The summed E-state index contributed by atoms with van der Waals surface area (Å²) in [6.07, 6.45) is 0.558. The zero-order valence-electron chi connectivity index (χ0n) is 11.8. The first kappa shape index (κ1) is 16.9. The normalized spacial score (nSPS) is 19.1. The predicted molar refractivity (Wildman–Crippen MR) is 72.0 cm³/mol. The van der Waals surface area contributed by atoms with Crippen molar-refractivity contribution in [1.29, 1.82) is 0 Å². The fraction of sp³-hybridized carbons (Fsp3) is 0.667. The van der Waals surface area contributed by atoms with Crippen LogP contribution in [0.1, 0.15) is 19.3 Å². The van der Waals surface area contributed by atoms with Crippen LogP contribution < -0.4 is 16.4 Å². The average Bonchev–Trinajstić information content (AvgIpc) is 2.86. The number of likely N-dealkylation sites (tertiary alicyclic amines) is 1. The van der Waals surface area contributed by atoms with Gasteiger partial charge in [0.1, 0.15) is 12.1 Å². The number of carboxylic acids is 1. The van der Waals surface area contributed by atoms with Gasteiger partial charge in [-0.3, -0.25) is 14.4 Å². The first-order valence-corrected chi connectivity index (χ1v) is 6.62. The number of likely N-dealkylation sites (N-methyl/N-ethyl adjacent to an activating group) is 1. The van der Waals surface area contributed by atoms with Crippen LogP contribution in [0.25, 0.3) is 0 Å². The van der Waals surface area contributed by atoms with Crippen molar-refractivity contribution in [2.75, 3.05) is 20.1 Å². The van der Waals surface area contributed by atoms with Crippen LogP contribution in [0.3, 0.4) is 0 Å². The van der Waals surface area contributed by atoms with E-state index in [2.05, 4.69) is 10.6 Å². The predicted octanol–water partition coefficient (Wildman–Crippen LogP) is -2.36. The molecule has 1 saturated heterocycles. The van der Waals surface area contributed by atoms with Gasteiger partial charge in [-0.25, -0.2) is 4.79 Å². The first-order chi connectivity index (χ1) is 9.86. The van der Waals surface area contributed by atoms with Crippen LogP contribution in [0.4, 0.5) is 0 Å². The maximum absolute atomic E-state index is 12.4. The summed E-state index contributed by atoms with van der Waals surface area (Å²) < 4.78 is 0. The molecular weight excluding hydrogens is 280 g/mol. The van der Waals surface area contributed by atoms with Crippen LogP contribution in [0.15, 0.2) is 0 Å². The number of amides is 3. The van der Waals surface area contributed by atoms with Gasteiger partial charge in [-0.1, -0.05) is 0 Å². The molecule has 0 spiro atoms. The van der Waals surface area contributed by atoms with Crippen molar-refractivity contribution in [3.05, 3.63) is 0 Å². The highest BCUT2D eigenvalue weighted by Gasteiger charge is 2.37. The van der Waals surface area contributed by atoms with E-state index in [1.807, 2.05) is 0 Å². The van der Waals surface area contributed by atoms with Crippen LogP contribution >= 0.6 is 0 Å². The number of rotatable bonds is 7. The molecule has 9 nitrogen and oxygen atoms in total. The van der Waals surface area contributed by atoms with Gasteiger partial charge in [0, 0.05) is 6.54 Å². The Morgan fingerprint density at radius 2 is 2.05 bits per heavy atom. The Morgan fingerprint density at radius 3 is 2.57 bits per heavy atom. The number of nitrogens with two attached hydrogens (primary N) is 1. The Balaban J connectivity index is 2.81. The van der Waals surface area contributed by atoms with Gasteiger partial charge in [-0.05, 0) is 19.9 Å². The second kappa shape index (κ2) is 7.58. The fourth-order valence-electron chi connectivity index (χ4n) is 2.29. The van der Waals surface area contributed by atoms with Crippen molar-refractivity contribution in [1.82, 2.24) is 15.5 Å². The Bertz CT molecular complexity index is 439. The smallest absolute Gasteiger partial charge is 0.326 e. The number of hydrogen-bond donors (Lipinski definition) is 4. The highest BCUT2D eigenvalue weighted by Crippen LogP contribution is 2.19. The third-order valence-electron chi connectivity index (χ3n) is 3.20. The van der Waals surface area contributed by atoms with E-state index in [-0.39, 0.29) is 19.5 Å². The van der Waals surface area contributed by atoms with Gasteiger partial charge in [0.2, 0.25) is 17.7 Å². The molecule has 21 heavy (non-hydrogen) atoms. The molecule has 0 aliphatic carbocycles. The Labute approximate surface area is 121 Å². The molecule has 0 aromatic carbocycles. The number of carboxylic acid groups (broad SMARTS) is 1. The molecule has 1 rings (SSSR count). The van der Waals surface area contributed by atoms with Gasteiger partial charge in [-0.2, -0.15) is 0 Å². The zero-order chi connectivity index (χ0) is 16.0. The van der Waals surface area contributed by atoms with E-state index < -0.39 is 35.8 Å². The minimum atomic E-state index is -1.14. The number of carbonyl (C=O) groups excluding carboxylic acids is 3. The number of nitrogens with one attached hydrogen (secondary N) is 2. The molecule has 118 valence electrons. The van der Waals surface area contributed by atoms with Crippen molar-refractivity contribution >= 4 is 23.7 Å². The molecule has 1 fully saturated rings. The molecule has 0 saturated carbocycles. The van der Waals surface area contributed by atoms with E-state index in [0.29, 0.717) is 12.8 Å². The van der Waals surface area contributed by atoms with Crippen LogP contribution in [-0.2, 0) is 19.2 Å². The van der Waals surface area contributed by atoms with Crippen LogP contribution in [0.2, 0.25) is 0 Å². The summed E-state index contributed by atoms with van der Waals surface area (Å²) in [6.45, 7) is 0.262. The van der Waals surface area contributed by atoms with E-state index in [1.165, 1.54) is 4.90 Å². The largest absolute Gasteiger partial charge is 0.480 e. The van der Waals surface area contributed by atoms with Gasteiger partial charge < -0.3 is 26.4 Å². The van der Waals surface area contributed by atoms with Crippen molar-refractivity contribution < 1.29 is 24.3 Å². The number of hydrogen-bond acceptors (Lipinski definition) is 5. The number of carbonyl (C=O) groups is 4. The number of aliphatic carboxylic acids is 1. The number of nitrogens with zero attached hydrogens (tertiary/aromatic N) is 1. The van der Waals surface area contributed by atoms with Crippen molar-refractivity contribution in [3.8, 4) is 0 Å². The van der Waals surface area contributed by atoms with E-state index >= 15 is 0 Å². The first-order valence-electron chi connectivity index (χ1n) is 6.62. The lowest BCUT2D eigenvalue weighted by Gasteiger charge is -2.26. The molecule has 9 heteroatoms. The molecule has 1 aliphatic rings. The standard InChI is InChI=1S/C12H20N4O5/c1-14-6-10(18)15-7(5-9(13)17)11(19)16-4-2-3-8(16)12(20)21/h7-8,14H,2-6H2,1H3,(H2,13,17)(H,15,18)(H,20,21)/t7-,8-/m0/s1. The van der Waals surface area contributed by atoms with E-state index in [4.69, 9.17) is 10.8 Å². The maximum atomic E-state index is 12.4. The van der Waals surface area contributed by atoms with E-state index in [0.717, 1.165) is 0 Å². The van der Waals surface area contributed by atoms with E-state index in [9.17, 15) is 19.2 Å². The summed E-state index contributed by atoms with van der Waals surface area (Å²) in [5.74, 6) is -2.91. The highest BCUT2D eigenvalue weighted by molar-refractivity contribution is 5.94. The summed E-state index contributed by atoms with van der Waals surface area (Å²) in [7, 11) is 1.56. The van der Waals surface area contributed by atoms with Crippen LogP contribution in [0.5, 0.6) is 0 Å². The minimum Gasteiger partial charge on any atom is -0.480 e. The lowest BCUT2D eigenvalue weighted by Crippen LogP contribution is -2.53. The highest BCUT2D eigenvalue weighted by atomic mass is 16.4. The monoisotopic (exact) mass is 300 g/mol. The molecule has 5 N–H and O–H groups in total. The summed E-state index contributed by atoms with van der Waals surface area (Å²) in [4.78, 5) is 47.2. The van der Waals surface area contributed by atoms with Crippen molar-refractivity contribution in [2.45, 2.75) is 31.3 Å². The molecule has 0 unspecified atom stereocenters. The zero-order valence-corrected chi connectivity index (χ0v) is 11.8. The molecule has 3 amide bonds. The Morgan fingerprint density at radius 1 is 1.38 bits per heavy atom. The van der Waals surface area contributed by atoms with Crippen molar-refractivity contribution in [3.63, 3.8) is 0 Å². The van der Waals surface area contributed by atoms with Crippen molar-refractivity contribution in [2.24, 2.45) is 5.73 Å². The Kier molecular flexibility index (Phi) is 6.10. The topological polar surface area (TPSA) is 142 Å². The van der Waals surface area contributed by atoms with Gasteiger partial charge in [-0.15, -0.1) is 0 Å². The van der Waals surface area contributed by atoms with Gasteiger partial charge in [0.15, 0.2) is 0 Å². The van der Waals surface area contributed by atoms with Gasteiger partial charge in [0.25, 0.3) is 0 Å². The maximum Gasteiger partial charge on any atom is 0.326 e. The molecule has 0 aromatic heterocycles. The summed E-state index contributed by atoms with van der Waals surface area (Å²) in [6, 6.07) is -2.06. The third kappa shape index (κ3) is 4.71. The second-order valence-corrected chi connectivity index (χ2v) is 4.85. The van der Waals surface area contributed by atoms with Gasteiger partial charge >= 0.3 is 5.97 Å².